The second kappa shape index (κ2) is 5.05. The molecule has 0 radical (unpaired) electrons. The first-order valence-electron chi connectivity index (χ1n) is 6.20. The molecule has 0 unspecified atom stereocenters. The number of hydrogen-bond acceptors (Lipinski definition) is 2. The van der Waals surface area contributed by atoms with Crippen molar-refractivity contribution >= 4 is 0 Å². The van der Waals surface area contributed by atoms with E-state index < -0.39 is 0 Å². The largest absolute Gasteiger partial charge is 0.497 e. The minimum Gasteiger partial charge on any atom is -0.497 e. The van der Waals surface area contributed by atoms with Crippen LogP contribution >= 0.6 is 0 Å². The molecule has 0 aliphatic heterocycles. The van der Waals surface area contributed by atoms with Crippen LogP contribution in [-0.2, 0) is 6.54 Å². The lowest BCUT2D eigenvalue weighted by atomic mass is 10.0. The van der Waals surface area contributed by atoms with Gasteiger partial charge in [-0.05, 0) is 25.8 Å². The molecule has 1 fully saturated rings. The van der Waals surface area contributed by atoms with Crippen molar-refractivity contribution in [2.45, 2.75) is 44.7 Å². The van der Waals surface area contributed by atoms with Crippen LogP contribution in [0.25, 0.3) is 0 Å². The molecule has 1 aliphatic rings. The fourth-order valence-corrected chi connectivity index (χ4v) is 2.44. The van der Waals surface area contributed by atoms with Crippen molar-refractivity contribution in [2.75, 3.05) is 7.11 Å². The quantitative estimate of drug-likeness (QED) is 0.868. The molecule has 1 aromatic carbocycles. The molecule has 0 heterocycles. The van der Waals surface area contributed by atoms with E-state index in [2.05, 4.69) is 12.2 Å². The fourth-order valence-electron chi connectivity index (χ4n) is 2.44. The summed E-state index contributed by atoms with van der Waals surface area (Å²) in [6.07, 6.45) is 4.92. The summed E-state index contributed by atoms with van der Waals surface area (Å²) in [7, 11) is 1.55. The molecule has 0 spiro atoms. The Hall–Kier alpha value is -1.09. The van der Waals surface area contributed by atoms with Gasteiger partial charge in [-0.15, -0.1) is 0 Å². The zero-order valence-corrected chi connectivity index (χ0v) is 10.6. The highest BCUT2D eigenvalue weighted by molar-refractivity contribution is 5.28. The lowest BCUT2D eigenvalue weighted by Gasteiger charge is -2.25. The van der Waals surface area contributed by atoms with Crippen LogP contribution < -0.4 is 10.1 Å². The average molecular weight is 237 g/mol. The highest BCUT2D eigenvalue weighted by Crippen LogP contribution is 2.29. The Morgan fingerprint density at radius 3 is 2.65 bits per heavy atom. The van der Waals surface area contributed by atoms with Gasteiger partial charge < -0.3 is 10.1 Å². The van der Waals surface area contributed by atoms with Gasteiger partial charge in [0.15, 0.2) is 0 Å². The monoisotopic (exact) mass is 237 g/mol. The molecular formula is C14H20FNO. The van der Waals surface area contributed by atoms with Gasteiger partial charge in [0.25, 0.3) is 0 Å². The van der Waals surface area contributed by atoms with Gasteiger partial charge in [0.05, 0.1) is 7.11 Å². The van der Waals surface area contributed by atoms with Crippen molar-refractivity contribution in [1.82, 2.24) is 5.32 Å². The molecule has 17 heavy (non-hydrogen) atoms. The second-order valence-electron chi connectivity index (χ2n) is 5.08. The zero-order chi connectivity index (χ0) is 12.3. The van der Waals surface area contributed by atoms with Crippen molar-refractivity contribution in [1.29, 1.82) is 0 Å². The van der Waals surface area contributed by atoms with E-state index in [-0.39, 0.29) is 11.4 Å². The molecular weight excluding hydrogens is 217 g/mol. The van der Waals surface area contributed by atoms with E-state index in [1.807, 2.05) is 0 Å². The average Bonchev–Trinajstić information content (AvgIpc) is 2.75. The molecule has 0 bridgehead atoms. The van der Waals surface area contributed by atoms with E-state index in [4.69, 9.17) is 4.74 Å². The SMILES string of the molecule is COc1ccc(CNC2(C)CCCC2)c(F)c1. The topological polar surface area (TPSA) is 21.3 Å². The number of nitrogens with one attached hydrogen (secondary N) is 1. The summed E-state index contributed by atoms with van der Waals surface area (Å²) in [6.45, 7) is 2.81. The van der Waals surface area contributed by atoms with Gasteiger partial charge in [-0.1, -0.05) is 18.9 Å². The first-order chi connectivity index (χ1) is 8.13. The Kier molecular flexibility index (Phi) is 3.67. The predicted molar refractivity (Wildman–Crippen MR) is 66.7 cm³/mol. The first kappa shape index (κ1) is 12.4. The summed E-state index contributed by atoms with van der Waals surface area (Å²) < 4.78 is 18.7. The Labute approximate surface area is 102 Å². The van der Waals surface area contributed by atoms with E-state index in [0.717, 1.165) is 0 Å². The smallest absolute Gasteiger partial charge is 0.131 e. The minimum atomic E-state index is -0.196. The van der Waals surface area contributed by atoms with Crippen LogP contribution in [0.2, 0.25) is 0 Å². The number of methoxy groups -OCH3 is 1. The Morgan fingerprint density at radius 1 is 1.35 bits per heavy atom. The van der Waals surface area contributed by atoms with Gasteiger partial charge in [-0.2, -0.15) is 0 Å². The predicted octanol–water partition coefficient (Wildman–Crippen LogP) is 3.26. The lowest BCUT2D eigenvalue weighted by Crippen LogP contribution is -2.38. The third-order valence-corrected chi connectivity index (χ3v) is 3.67. The molecule has 0 saturated heterocycles. The van der Waals surface area contributed by atoms with Crippen LogP contribution in [0.3, 0.4) is 0 Å². The van der Waals surface area contributed by atoms with E-state index in [9.17, 15) is 4.39 Å². The molecule has 0 aromatic heterocycles. The van der Waals surface area contributed by atoms with Crippen molar-refractivity contribution in [2.24, 2.45) is 0 Å². The van der Waals surface area contributed by atoms with Crippen molar-refractivity contribution < 1.29 is 9.13 Å². The van der Waals surface area contributed by atoms with E-state index >= 15 is 0 Å². The standard InChI is InChI=1S/C14H20FNO/c1-14(7-3-4-8-14)16-10-11-5-6-12(17-2)9-13(11)15/h5-6,9,16H,3-4,7-8,10H2,1-2H3. The maximum absolute atomic E-state index is 13.7. The molecule has 0 amide bonds. The third kappa shape index (κ3) is 2.97. The van der Waals surface area contributed by atoms with Gasteiger partial charge in [0, 0.05) is 23.7 Å². The number of hydrogen-bond donors (Lipinski definition) is 1. The Balaban J connectivity index is 1.99. The molecule has 1 N–H and O–H groups in total. The zero-order valence-electron chi connectivity index (χ0n) is 10.6. The van der Waals surface area contributed by atoms with Gasteiger partial charge in [0.2, 0.25) is 0 Å². The summed E-state index contributed by atoms with van der Waals surface area (Å²) in [6, 6.07) is 5.03. The molecule has 1 aliphatic carbocycles. The van der Waals surface area contributed by atoms with Crippen LogP contribution in [-0.4, -0.2) is 12.6 Å². The number of benzene rings is 1. The third-order valence-electron chi connectivity index (χ3n) is 3.67. The van der Waals surface area contributed by atoms with Gasteiger partial charge in [-0.25, -0.2) is 4.39 Å². The highest BCUT2D eigenvalue weighted by Gasteiger charge is 2.27. The van der Waals surface area contributed by atoms with E-state index in [1.165, 1.54) is 31.7 Å². The van der Waals surface area contributed by atoms with Crippen LogP contribution in [0.15, 0.2) is 18.2 Å². The number of ether oxygens (including phenoxy) is 1. The fraction of sp³-hybridized carbons (Fsp3) is 0.571. The minimum absolute atomic E-state index is 0.187. The Bertz CT molecular complexity index is 386. The maximum Gasteiger partial charge on any atom is 0.131 e. The van der Waals surface area contributed by atoms with Crippen LogP contribution in [0.1, 0.15) is 38.2 Å². The summed E-state index contributed by atoms with van der Waals surface area (Å²) in [4.78, 5) is 0. The van der Waals surface area contributed by atoms with Crippen LogP contribution in [0, 0.1) is 5.82 Å². The molecule has 2 rings (SSSR count). The highest BCUT2D eigenvalue weighted by atomic mass is 19.1. The molecule has 3 heteroatoms. The van der Waals surface area contributed by atoms with E-state index in [0.29, 0.717) is 17.9 Å². The number of rotatable bonds is 4. The van der Waals surface area contributed by atoms with Crippen molar-refractivity contribution in [3.63, 3.8) is 0 Å². The molecule has 2 nitrogen and oxygen atoms in total. The van der Waals surface area contributed by atoms with Crippen molar-refractivity contribution in [3.8, 4) is 5.75 Å². The lowest BCUT2D eigenvalue weighted by molar-refractivity contribution is 0.359. The Morgan fingerprint density at radius 2 is 2.06 bits per heavy atom. The summed E-state index contributed by atoms with van der Waals surface area (Å²) in [5.41, 5.74) is 0.894. The van der Waals surface area contributed by atoms with Gasteiger partial charge >= 0.3 is 0 Å². The van der Waals surface area contributed by atoms with Gasteiger partial charge in [0.1, 0.15) is 11.6 Å². The molecule has 0 atom stereocenters. The van der Waals surface area contributed by atoms with Crippen LogP contribution in [0.5, 0.6) is 5.75 Å². The second-order valence-corrected chi connectivity index (χ2v) is 5.08. The van der Waals surface area contributed by atoms with E-state index in [1.54, 1.807) is 19.2 Å². The first-order valence-corrected chi connectivity index (χ1v) is 6.20. The summed E-state index contributed by atoms with van der Waals surface area (Å²) >= 11 is 0. The molecule has 1 aromatic rings. The van der Waals surface area contributed by atoms with Gasteiger partial charge in [-0.3, -0.25) is 0 Å². The molecule has 94 valence electrons. The summed E-state index contributed by atoms with van der Waals surface area (Å²) in [5, 5.41) is 3.47. The number of halogens is 1. The van der Waals surface area contributed by atoms with Crippen LogP contribution in [0.4, 0.5) is 4.39 Å². The summed E-state index contributed by atoms with van der Waals surface area (Å²) in [5.74, 6) is 0.372. The van der Waals surface area contributed by atoms with Crippen molar-refractivity contribution in [3.05, 3.63) is 29.6 Å². The maximum atomic E-state index is 13.7. The molecule has 1 saturated carbocycles. The normalized spacial score (nSPS) is 18.3.